The molecule has 3 nitrogen and oxygen atoms in total. The van der Waals surface area contributed by atoms with Gasteiger partial charge in [-0.1, -0.05) is 0 Å². The van der Waals surface area contributed by atoms with Crippen molar-refractivity contribution >= 4 is 0 Å². The Labute approximate surface area is 62.5 Å². The highest BCUT2D eigenvalue weighted by atomic mass is 16.7. The van der Waals surface area contributed by atoms with E-state index in [2.05, 4.69) is 19.0 Å². The molecule has 1 saturated heterocycles. The first-order valence-electron chi connectivity index (χ1n) is 3.69. The summed E-state index contributed by atoms with van der Waals surface area (Å²) < 4.78 is 0. The standard InChI is InChI=1S/C7H16N2O/c1-8(2)7-4-5-9(6-7)10-3/h7H,4-6H2,1-3H3. The van der Waals surface area contributed by atoms with Gasteiger partial charge in [0.2, 0.25) is 0 Å². The molecular weight excluding hydrogens is 128 g/mol. The van der Waals surface area contributed by atoms with Gasteiger partial charge in [-0.3, -0.25) is 0 Å². The zero-order valence-electron chi connectivity index (χ0n) is 7.00. The van der Waals surface area contributed by atoms with E-state index >= 15 is 0 Å². The van der Waals surface area contributed by atoms with Crippen LogP contribution in [0.4, 0.5) is 0 Å². The van der Waals surface area contributed by atoms with Crippen LogP contribution < -0.4 is 0 Å². The van der Waals surface area contributed by atoms with Crippen LogP contribution in [0.25, 0.3) is 0 Å². The summed E-state index contributed by atoms with van der Waals surface area (Å²) in [6.45, 7) is 2.11. The molecule has 0 N–H and O–H groups in total. The van der Waals surface area contributed by atoms with Crippen LogP contribution in [0.2, 0.25) is 0 Å². The number of likely N-dealkylation sites (N-methyl/N-ethyl adjacent to an activating group) is 1. The fourth-order valence-corrected chi connectivity index (χ4v) is 1.30. The molecule has 0 spiro atoms. The second kappa shape index (κ2) is 3.32. The van der Waals surface area contributed by atoms with E-state index in [1.54, 1.807) is 7.11 Å². The number of nitrogens with zero attached hydrogens (tertiary/aromatic N) is 2. The van der Waals surface area contributed by atoms with Crippen molar-refractivity contribution in [2.24, 2.45) is 0 Å². The Morgan fingerprint density at radius 3 is 2.50 bits per heavy atom. The predicted octanol–water partition coefficient (Wildman–Crippen LogP) is 0.184. The zero-order chi connectivity index (χ0) is 7.56. The van der Waals surface area contributed by atoms with Gasteiger partial charge in [-0.15, -0.1) is 0 Å². The Hall–Kier alpha value is -0.120. The summed E-state index contributed by atoms with van der Waals surface area (Å²) in [6, 6.07) is 0.681. The molecule has 10 heavy (non-hydrogen) atoms. The SMILES string of the molecule is CON1CCC(N(C)C)C1. The van der Waals surface area contributed by atoms with Gasteiger partial charge in [-0.05, 0) is 20.5 Å². The third kappa shape index (κ3) is 1.68. The Balaban J connectivity index is 2.28. The molecule has 60 valence electrons. The summed E-state index contributed by atoms with van der Waals surface area (Å²) in [5.41, 5.74) is 0. The van der Waals surface area contributed by atoms with Crippen molar-refractivity contribution in [1.29, 1.82) is 0 Å². The summed E-state index contributed by atoms with van der Waals surface area (Å²) in [4.78, 5) is 7.35. The maximum atomic E-state index is 5.10. The Bertz CT molecular complexity index is 106. The van der Waals surface area contributed by atoms with Crippen LogP contribution in [0.5, 0.6) is 0 Å². The number of hydrogen-bond donors (Lipinski definition) is 0. The molecule has 0 bridgehead atoms. The van der Waals surface area contributed by atoms with Crippen LogP contribution in [-0.4, -0.2) is 50.3 Å². The van der Waals surface area contributed by atoms with Crippen LogP contribution in [0.3, 0.4) is 0 Å². The molecule has 1 atom stereocenters. The van der Waals surface area contributed by atoms with Gasteiger partial charge in [0, 0.05) is 19.1 Å². The average Bonchev–Trinajstić information content (AvgIpc) is 2.34. The van der Waals surface area contributed by atoms with Crippen LogP contribution in [0, 0.1) is 0 Å². The Morgan fingerprint density at radius 1 is 1.50 bits per heavy atom. The molecule has 1 rings (SSSR count). The smallest absolute Gasteiger partial charge is 0.0575 e. The number of hydroxylamine groups is 2. The van der Waals surface area contributed by atoms with Gasteiger partial charge >= 0.3 is 0 Å². The highest BCUT2D eigenvalue weighted by molar-refractivity contribution is 4.76. The minimum atomic E-state index is 0.681. The predicted molar refractivity (Wildman–Crippen MR) is 40.7 cm³/mol. The van der Waals surface area contributed by atoms with Crippen molar-refractivity contribution in [2.45, 2.75) is 12.5 Å². The fourth-order valence-electron chi connectivity index (χ4n) is 1.30. The van der Waals surface area contributed by atoms with Crippen molar-refractivity contribution in [3.8, 4) is 0 Å². The van der Waals surface area contributed by atoms with Gasteiger partial charge < -0.3 is 9.74 Å². The summed E-state index contributed by atoms with van der Waals surface area (Å²) in [6.07, 6.45) is 1.22. The number of hydrogen-bond acceptors (Lipinski definition) is 3. The lowest BCUT2D eigenvalue weighted by Crippen LogP contribution is -2.31. The van der Waals surface area contributed by atoms with E-state index in [9.17, 15) is 0 Å². The second-order valence-electron chi connectivity index (χ2n) is 2.98. The van der Waals surface area contributed by atoms with E-state index < -0.39 is 0 Å². The summed E-state index contributed by atoms with van der Waals surface area (Å²) in [5, 5.41) is 2.00. The van der Waals surface area contributed by atoms with Gasteiger partial charge in [-0.25, -0.2) is 0 Å². The maximum Gasteiger partial charge on any atom is 0.0575 e. The van der Waals surface area contributed by atoms with E-state index in [1.807, 2.05) is 5.06 Å². The topological polar surface area (TPSA) is 15.7 Å². The molecule has 0 aromatic heterocycles. The highest BCUT2D eigenvalue weighted by Gasteiger charge is 2.23. The first kappa shape index (κ1) is 7.98. The molecule has 0 aliphatic carbocycles. The maximum absolute atomic E-state index is 5.10. The van der Waals surface area contributed by atoms with Gasteiger partial charge in [-0.2, -0.15) is 5.06 Å². The third-order valence-corrected chi connectivity index (χ3v) is 2.11. The first-order chi connectivity index (χ1) is 4.74. The largest absolute Gasteiger partial charge is 0.305 e. The minimum absolute atomic E-state index is 0.681. The zero-order valence-corrected chi connectivity index (χ0v) is 7.00. The van der Waals surface area contributed by atoms with Crippen molar-refractivity contribution in [2.75, 3.05) is 34.3 Å². The lowest BCUT2D eigenvalue weighted by molar-refractivity contribution is -0.115. The van der Waals surface area contributed by atoms with E-state index in [1.165, 1.54) is 6.42 Å². The lowest BCUT2D eigenvalue weighted by atomic mass is 10.2. The third-order valence-electron chi connectivity index (χ3n) is 2.11. The molecule has 0 aromatic rings. The van der Waals surface area contributed by atoms with Crippen molar-refractivity contribution < 1.29 is 4.84 Å². The quantitative estimate of drug-likeness (QED) is 0.550. The van der Waals surface area contributed by atoms with Gasteiger partial charge in [0.05, 0.1) is 7.11 Å². The van der Waals surface area contributed by atoms with E-state index in [0.29, 0.717) is 6.04 Å². The molecule has 1 heterocycles. The molecule has 0 radical (unpaired) electrons. The average molecular weight is 144 g/mol. The Kier molecular flexibility index (Phi) is 2.65. The molecule has 3 heteroatoms. The molecule has 1 unspecified atom stereocenters. The highest BCUT2D eigenvalue weighted by Crippen LogP contribution is 2.11. The van der Waals surface area contributed by atoms with Crippen LogP contribution in [0.1, 0.15) is 6.42 Å². The van der Waals surface area contributed by atoms with Crippen molar-refractivity contribution in [3.63, 3.8) is 0 Å². The molecule has 0 aromatic carbocycles. The Morgan fingerprint density at radius 2 is 2.20 bits per heavy atom. The normalized spacial score (nSPS) is 28.2. The summed E-state index contributed by atoms with van der Waals surface area (Å²) in [5.74, 6) is 0. The van der Waals surface area contributed by atoms with Crippen LogP contribution >= 0.6 is 0 Å². The molecule has 0 amide bonds. The van der Waals surface area contributed by atoms with Crippen LogP contribution in [0.15, 0.2) is 0 Å². The molecular formula is C7H16N2O. The van der Waals surface area contributed by atoms with E-state index in [0.717, 1.165) is 13.1 Å². The van der Waals surface area contributed by atoms with Gasteiger partial charge in [0.1, 0.15) is 0 Å². The summed E-state index contributed by atoms with van der Waals surface area (Å²) >= 11 is 0. The van der Waals surface area contributed by atoms with E-state index in [4.69, 9.17) is 4.84 Å². The second-order valence-corrected chi connectivity index (χ2v) is 2.98. The van der Waals surface area contributed by atoms with Gasteiger partial charge in [0.25, 0.3) is 0 Å². The first-order valence-corrected chi connectivity index (χ1v) is 3.69. The molecule has 1 fully saturated rings. The summed E-state index contributed by atoms with van der Waals surface area (Å²) in [7, 11) is 5.96. The van der Waals surface area contributed by atoms with Gasteiger partial charge in [0.15, 0.2) is 0 Å². The molecule has 1 aliphatic rings. The lowest BCUT2D eigenvalue weighted by Gasteiger charge is -2.18. The molecule has 0 saturated carbocycles. The van der Waals surface area contributed by atoms with Crippen LogP contribution in [-0.2, 0) is 4.84 Å². The minimum Gasteiger partial charge on any atom is -0.305 e. The monoisotopic (exact) mass is 144 g/mol. The number of rotatable bonds is 2. The fraction of sp³-hybridized carbons (Fsp3) is 1.00. The molecule has 1 aliphatic heterocycles. The van der Waals surface area contributed by atoms with Crippen molar-refractivity contribution in [3.05, 3.63) is 0 Å². The van der Waals surface area contributed by atoms with Crippen molar-refractivity contribution in [1.82, 2.24) is 9.96 Å². The van der Waals surface area contributed by atoms with E-state index in [-0.39, 0.29) is 0 Å².